The lowest BCUT2D eigenvalue weighted by Crippen LogP contribution is -2.46. The Morgan fingerprint density at radius 2 is 1.87 bits per heavy atom. The molecule has 2 rings (SSSR count). The lowest BCUT2D eigenvalue weighted by molar-refractivity contribution is -0.142. The summed E-state index contributed by atoms with van der Waals surface area (Å²) in [6.07, 6.45) is 3.36. The van der Waals surface area contributed by atoms with Crippen LogP contribution in [0.3, 0.4) is 0 Å². The van der Waals surface area contributed by atoms with Crippen molar-refractivity contribution in [2.45, 2.75) is 46.5 Å². The average Bonchev–Trinajstić information content (AvgIpc) is 3.34. The Bertz CT molecular complexity index is 578. The number of nitrogens with zero attached hydrogens (tertiary/aromatic N) is 2. The molecule has 0 heterocycles. The number of aryl methyl sites for hydroxylation is 1. The Morgan fingerprint density at radius 3 is 2.39 bits per heavy atom. The van der Waals surface area contributed by atoms with Crippen LogP contribution < -0.4 is 4.90 Å². The summed E-state index contributed by atoms with van der Waals surface area (Å²) in [5.41, 5.74) is 1.18. The van der Waals surface area contributed by atoms with Gasteiger partial charge in [-0.2, -0.15) is 0 Å². The SMILES string of the molecule is CCCCN(C)C(=O)C1(C(=O)N(CC)c2cccc(C)c2)CC1. The van der Waals surface area contributed by atoms with Crippen molar-refractivity contribution in [1.82, 2.24) is 4.90 Å². The largest absolute Gasteiger partial charge is 0.345 e. The van der Waals surface area contributed by atoms with Gasteiger partial charge in [0.05, 0.1) is 0 Å². The number of amides is 2. The van der Waals surface area contributed by atoms with Gasteiger partial charge < -0.3 is 9.80 Å². The molecular formula is C19H28N2O2. The lowest BCUT2D eigenvalue weighted by atomic mass is 10.0. The molecule has 1 fully saturated rings. The van der Waals surface area contributed by atoms with Crippen LogP contribution in [-0.4, -0.2) is 36.9 Å². The number of anilines is 1. The lowest BCUT2D eigenvalue weighted by Gasteiger charge is -2.29. The van der Waals surface area contributed by atoms with Gasteiger partial charge in [0.1, 0.15) is 5.41 Å². The van der Waals surface area contributed by atoms with Crippen molar-refractivity contribution < 1.29 is 9.59 Å². The molecule has 1 aromatic carbocycles. The molecule has 0 bridgehead atoms. The molecule has 1 saturated carbocycles. The third kappa shape index (κ3) is 3.57. The normalized spacial score (nSPS) is 15.1. The topological polar surface area (TPSA) is 40.6 Å². The zero-order valence-electron chi connectivity index (χ0n) is 14.8. The van der Waals surface area contributed by atoms with Crippen molar-refractivity contribution >= 4 is 17.5 Å². The van der Waals surface area contributed by atoms with Gasteiger partial charge in [-0.15, -0.1) is 0 Å². The van der Waals surface area contributed by atoms with E-state index in [-0.39, 0.29) is 11.8 Å². The van der Waals surface area contributed by atoms with E-state index < -0.39 is 5.41 Å². The molecule has 0 saturated heterocycles. The van der Waals surface area contributed by atoms with Gasteiger partial charge in [0, 0.05) is 25.8 Å². The average molecular weight is 316 g/mol. The molecule has 1 aliphatic carbocycles. The first kappa shape index (κ1) is 17.5. The predicted octanol–water partition coefficient (Wildman–Crippen LogP) is 3.39. The molecule has 4 heteroatoms. The van der Waals surface area contributed by atoms with Crippen LogP contribution in [0.1, 0.15) is 45.1 Å². The summed E-state index contributed by atoms with van der Waals surface area (Å²) in [7, 11) is 1.81. The highest BCUT2D eigenvalue weighted by atomic mass is 16.2. The second-order valence-electron chi connectivity index (χ2n) is 6.55. The highest BCUT2D eigenvalue weighted by Gasteiger charge is 2.58. The third-order valence-electron chi connectivity index (χ3n) is 4.64. The molecule has 1 aliphatic rings. The quantitative estimate of drug-likeness (QED) is 0.724. The van der Waals surface area contributed by atoms with Crippen LogP contribution in [0.5, 0.6) is 0 Å². The molecule has 23 heavy (non-hydrogen) atoms. The van der Waals surface area contributed by atoms with Gasteiger partial charge in [-0.25, -0.2) is 0 Å². The first-order chi connectivity index (χ1) is 11.0. The van der Waals surface area contributed by atoms with E-state index in [1.165, 1.54) is 0 Å². The zero-order chi connectivity index (χ0) is 17.0. The van der Waals surface area contributed by atoms with E-state index in [0.717, 1.165) is 30.6 Å². The minimum Gasteiger partial charge on any atom is -0.345 e. The number of carbonyl (C=O) groups is 2. The van der Waals surface area contributed by atoms with Gasteiger partial charge in [-0.3, -0.25) is 9.59 Å². The van der Waals surface area contributed by atoms with Crippen LogP contribution in [-0.2, 0) is 9.59 Å². The van der Waals surface area contributed by atoms with E-state index in [1.54, 1.807) is 9.80 Å². The monoisotopic (exact) mass is 316 g/mol. The number of rotatable bonds is 7. The zero-order valence-corrected chi connectivity index (χ0v) is 14.8. The molecule has 2 amide bonds. The molecular weight excluding hydrogens is 288 g/mol. The number of carbonyl (C=O) groups excluding carboxylic acids is 2. The molecule has 0 atom stereocenters. The van der Waals surface area contributed by atoms with Crippen molar-refractivity contribution in [1.29, 1.82) is 0 Å². The summed E-state index contributed by atoms with van der Waals surface area (Å²) in [5, 5.41) is 0. The highest BCUT2D eigenvalue weighted by Crippen LogP contribution is 2.49. The van der Waals surface area contributed by atoms with Crippen molar-refractivity contribution in [3.05, 3.63) is 29.8 Å². The van der Waals surface area contributed by atoms with Crippen molar-refractivity contribution in [3.63, 3.8) is 0 Å². The standard InChI is InChI=1S/C19H28N2O2/c1-5-7-13-20(4)17(22)19(11-12-19)18(23)21(6-2)16-10-8-9-15(3)14-16/h8-10,14H,5-7,11-13H2,1-4H3. The maximum absolute atomic E-state index is 13.1. The number of hydrogen-bond acceptors (Lipinski definition) is 2. The Hall–Kier alpha value is -1.84. The van der Waals surface area contributed by atoms with Crippen LogP contribution in [0.2, 0.25) is 0 Å². The summed E-state index contributed by atoms with van der Waals surface area (Å²) in [4.78, 5) is 29.3. The van der Waals surface area contributed by atoms with Gasteiger partial charge in [-0.1, -0.05) is 25.5 Å². The van der Waals surface area contributed by atoms with Gasteiger partial charge in [0.15, 0.2) is 0 Å². The predicted molar refractivity (Wildman–Crippen MR) is 93.4 cm³/mol. The van der Waals surface area contributed by atoms with Gasteiger partial charge in [-0.05, 0) is 50.8 Å². The maximum Gasteiger partial charge on any atom is 0.242 e. The van der Waals surface area contributed by atoms with E-state index in [9.17, 15) is 9.59 Å². The van der Waals surface area contributed by atoms with E-state index in [0.29, 0.717) is 19.4 Å². The Balaban J connectivity index is 2.18. The first-order valence-electron chi connectivity index (χ1n) is 8.60. The fourth-order valence-electron chi connectivity index (χ4n) is 3.00. The molecule has 0 aromatic heterocycles. The summed E-state index contributed by atoms with van der Waals surface area (Å²) in [6, 6.07) is 7.91. The minimum absolute atomic E-state index is 0.0120. The van der Waals surface area contributed by atoms with Crippen LogP contribution in [0.15, 0.2) is 24.3 Å². The molecule has 0 aliphatic heterocycles. The summed E-state index contributed by atoms with van der Waals surface area (Å²) < 4.78 is 0. The minimum atomic E-state index is -0.817. The van der Waals surface area contributed by atoms with Crippen molar-refractivity contribution in [2.24, 2.45) is 5.41 Å². The number of unbranched alkanes of at least 4 members (excludes halogenated alkanes) is 1. The van der Waals surface area contributed by atoms with Gasteiger partial charge >= 0.3 is 0 Å². The molecule has 1 aromatic rings. The summed E-state index contributed by atoms with van der Waals surface area (Å²) >= 11 is 0. The van der Waals surface area contributed by atoms with Crippen molar-refractivity contribution in [3.8, 4) is 0 Å². The third-order valence-corrected chi connectivity index (χ3v) is 4.64. The molecule has 4 nitrogen and oxygen atoms in total. The summed E-state index contributed by atoms with van der Waals surface area (Å²) in [6.45, 7) is 7.38. The fourth-order valence-corrected chi connectivity index (χ4v) is 3.00. The maximum atomic E-state index is 13.1. The van der Waals surface area contributed by atoms with E-state index in [2.05, 4.69) is 6.92 Å². The smallest absolute Gasteiger partial charge is 0.242 e. The number of benzene rings is 1. The molecule has 0 radical (unpaired) electrons. The molecule has 0 unspecified atom stereocenters. The fraction of sp³-hybridized carbons (Fsp3) is 0.579. The second kappa shape index (κ2) is 7.16. The number of hydrogen-bond donors (Lipinski definition) is 0. The van der Waals surface area contributed by atoms with Crippen LogP contribution in [0.4, 0.5) is 5.69 Å². The Morgan fingerprint density at radius 1 is 1.17 bits per heavy atom. The van der Waals surface area contributed by atoms with Crippen molar-refractivity contribution in [2.75, 3.05) is 25.0 Å². The summed E-state index contributed by atoms with van der Waals surface area (Å²) in [5.74, 6) is -0.0546. The van der Waals surface area contributed by atoms with Gasteiger partial charge in [0.25, 0.3) is 0 Å². The molecule has 0 N–H and O–H groups in total. The van der Waals surface area contributed by atoms with Gasteiger partial charge in [0.2, 0.25) is 11.8 Å². The van der Waals surface area contributed by atoms with Crippen LogP contribution in [0, 0.1) is 12.3 Å². The second-order valence-corrected chi connectivity index (χ2v) is 6.55. The molecule has 0 spiro atoms. The highest BCUT2D eigenvalue weighted by molar-refractivity contribution is 6.14. The Kier molecular flexibility index (Phi) is 5.45. The first-order valence-corrected chi connectivity index (χ1v) is 8.60. The van der Waals surface area contributed by atoms with E-state index in [1.807, 2.05) is 45.2 Å². The van der Waals surface area contributed by atoms with E-state index in [4.69, 9.17) is 0 Å². The Labute approximate surface area is 139 Å². The molecule has 126 valence electrons. The van der Waals surface area contributed by atoms with E-state index >= 15 is 0 Å². The van der Waals surface area contributed by atoms with Crippen LogP contribution in [0.25, 0.3) is 0 Å². The van der Waals surface area contributed by atoms with Crippen LogP contribution >= 0.6 is 0 Å².